The molecule has 3 rings (SSSR count). The number of fused-ring (bicyclic) bond motifs is 1. The van der Waals surface area contributed by atoms with Gasteiger partial charge in [0.05, 0.1) is 0 Å². The van der Waals surface area contributed by atoms with E-state index in [9.17, 15) is 4.79 Å². The number of Topliss-reactive ketones (excluding diaryl/α,β-unsaturated/α-hetero) is 1. The molecule has 26 heavy (non-hydrogen) atoms. The fourth-order valence-corrected chi connectivity index (χ4v) is 4.29. The molecule has 1 atom stereocenters. The molecule has 138 valence electrons. The standard InChI is InChI=1S/C24H31NO/c1-4-15-25(16-5-2)22-14-13-20-7-6-8-23(24(20)17-22)21-11-9-19(10-12-21)18(3)26/h6-12,22H,4-5,13-17H2,1-3H3/t22-/m1/s1. The van der Waals surface area contributed by atoms with Crippen LogP contribution in [-0.2, 0) is 12.8 Å². The average molecular weight is 350 g/mol. The van der Waals surface area contributed by atoms with E-state index >= 15 is 0 Å². The maximum Gasteiger partial charge on any atom is 0.159 e. The van der Waals surface area contributed by atoms with E-state index in [0.29, 0.717) is 6.04 Å². The Hall–Kier alpha value is -1.93. The van der Waals surface area contributed by atoms with Gasteiger partial charge >= 0.3 is 0 Å². The molecule has 1 aliphatic rings. The Bertz CT molecular complexity index is 741. The second-order valence-electron chi connectivity index (χ2n) is 7.51. The fourth-order valence-electron chi connectivity index (χ4n) is 4.29. The average Bonchev–Trinajstić information content (AvgIpc) is 2.67. The Morgan fingerprint density at radius 1 is 1.04 bits per heavy atom. The van der Waals surface area contributed by atoms with Crippen LogP contribution in [0.1, 0.15) is 61.5 Å². The minimum Gasteiger partial charge on any atom is -0.300 e. The van der Waals surface area contributed by atoms with Crippen molar-refractivity contribution in [2.24, 2.45) is 0 Å². The second-order valence-corrected chi connectivity index (χ2v) is 7.51. The van der Waals surface area contributed by atoms with Crippen molar-refractivity contribution in [2.45, 2.75) is 58.9 Å². The van der Waals surface area contributed by atoms with E-state index in [1.807, 2.05) is 12.1 Å². The Morgan fingerprint density at radius 3 is 2.35 bits per heavy atom. The Kier molecular flexibility index (Phi) is 6.26. The van der Waals surface area contributed by atoms with Crippen molar-refractivity contribution in [1.82, 2.24) is 4.90 Å². The van der Waals surface area contributed by atoms with Gasteiger partial charge in [-0.15, -0.1) is 0 Å². The third kappa shape index (κ3) is 4.07. The van der Waals surface area contributed by atoms with E-state index in [1.54, 1.807) is 6.92 Å². The van der Waals surface area contributed by atoms with Crippen molar-refractivity contribution in [3.05, 3.63) is 59.2 Å². The first kappa shape index (κ1) is 18.8. The minimum atomic E-state index is 0.126. The van der Waals surface area contributed by atoms with Crippen LogP contribution in [0.4, 0.5) is 0 Å². The maximum absolute atomic E-state index is 11.6. The number of nitrogens with zero attached hydrogens (tertiary/aromatic N) is 1. The topological polar surface area (TPSA) is 20.3 Å². The highest BCUT2D eigenvalue weighted by atomic mass is 16.1. The van der Waals surface area contributed by atoms with Crippen LogP contribution < -0.4 is 0 Å². The summed E-state index contributed by atoms with van der Waals surface area (Å²) in [7, 11) is 0. The van der Waals surface area contributed by atoms with Gasteiger partial charge in [-0.1, -0.05) is 56.3 Å². The van der Waals surface area contributed by atoms with Crippen LogP contribution in [0.5, 0.6) is 0 Å². The van der Waals surface area contributed by atoms with E-state index in [-0.39, 0.29) is 5.78 Å². The van der Waals surface area contributed by atoms with E-state index in [1.165, 1.54) is 61.0 Å². The number of benzene rings is 2. The summed E-state index contributed by atoms with van der Waals surface area (Å²) in [5, 5.41) is 0. The fraction of sp³-hybridized carbons (Fsp3) is 0.458. The van der Waals surface area contributed by atoms with Crippen LogP contribution in [0.15, 0.2) is 42.5 Å². The SMILES string of the molecule is CCCN(CCC)[C@@H]1CCc2cccc(-c3ccc(C(C)=O)cc3)c2C1. The van der Waals surface area contributed by atoms with Gasteiger partial charge < -0.3 is 4.90 Å². The highest BCUT2D eigenvalue weighted by Gasteiger charge is 2.25. The molecule has 0 radical (unpaired) electrons. The maximum atomic E-state index is 11.6. The summed E-state index contributed by atoms with van der Waals surface area (Å²) in [6, 6.07) is 15.5. The van der Waals surface area contributed by atoms with Gasteiger partial charge in [0, 0.05) is 11.6 Å². The summed E-state index contributed by atoms with van der Waals surface area (Å²) in [4.78, 5) is 14.3. The van der Waals surface area contributed by atoms with Crippen molar-refractivity contribution in [3.8, 4) is 11.1 Å². The monoisotopic (exact) mass is 349 g/mol. The number of carbonyl (C=O) groups is 1. The first-order valence-electron chi connectivity index (χ1n) is 10.1. The van der Waals surface area contributed by atoms with Gasteiger partial charge in [0.15, 0.2) is 5.78 Å². The number of rotatable bonds is 7. The molecule has 0 amide bonds. The molecule has 0 heterocycles. The lowest BCUT2D eigenvalue weighted by Gasteiger charge is -2.36. The Labute approximate surface area is 158 Å². The molecule has 2 aromatic carbocycles. The summed E-state index contributed by atoms with van der Waals surface area (Å²) in [6.45, 7) is 8.58. The van der Waals surface area contributed by atoms with Crippen LogP contribution in [0.25, 0.3) is 11.1 Å². The molecular formula is C24H31NO. The number of ketones is 1. The molecule has 2 heteroatoms. The van der Waals surface area contributed by atoms with Crippen molar-refractivity contribution in [3.63, 3.8) is 0 Å². The quantitative estimate of drug-likeness (QED) is 0.612. The number of carbonyl (C=O) groups excluding carboxylic acids is 1. The molecule has 0 aliphatic heterocycles. The van der Waals surface area contributed by atoms with Gasteiger partial charge in [-0.2, -0.15) is 0 Å². The molecule has 0 spiro atoms. The zero-order valence-electron chi connectivity index (χ0n) is 16.4. The lowest BCUT2D eigenvalue weighted by molar-refractivity contribution is 0.101. The molecule has 2 aromatic rings. The molecule has 0 unspecified atom stereocenters. The molecule has 0 bridgehead atoms. The van der Waals surface area contributed by atoms with Gasteiger partial charge in [0.25, 0.3) is 0 Å². The van der Waals surface area contributed by atoms with E-state index < -0.39 is 0 Å². The van der Waals surface area contributed by atoms with Gasteiger partial charge in [-0.05, 0) is 74.4 Å². The lowest BCUT2D eigenvalue weighted by Crippen LogP contribution is -2.40. The van der Waals surface area contributed by atoms with Crippen LogP contribution >= 0.6 is 0 Å². The second kappa shape index (κ2) is 8.64. The zero-order chi connectivity index (χ0) is 18.5. The number of hydrogen-bond acceptors (Lipinski definition) is 2. The lowest BCUT2D eigenvalue weighted by atomic mass is 9.82. The number of aryl methyl sites for hydroxylation is 1. The Balaban J connectivity index is 1.90. The number of hydrogen-bond donors (Lipinski definition) is 0. The third-order valence-corrected chi connectivity index (χ3v) is 5.60. The van der Waals surface area contributed by atoms with E-state index in [4.69, 9.17) is 0 Å². The summed E-state index contributed by atoms with van der Waals surface area (Å²) in [5.41, 5.74) is 6.37. The van der Waals surface area contributed by atoms with Crippen LogP contribution in [0, 0.1) is 0 Å². The minimum absolute atomic E-state index is 0.126. The smallest absolute Gasteiger partial charge is 0.159 e. The van der Waals surface area contributed by atoms with Gasteiger partial charge in [0.2, 0.25) is 0 Å². The van der Waals surface area contributed by atoms with Crippen molar-refractivity contribution < 1.29 is 4.79 Å². The van der Waals surface area contributed by atoms with Crippen molar-refractivity contribution in [2.75, 3.05) is 13.1 Å². The first-order chi connectivity index (χ1) is 12.6. The summed E-state index contributed by atoms with van der Waals surface area (Å²) >= 11 is 0. The predicted octanol–water partition coefficient (Wildman–Crippen LogP) is 5.54. The predicted molar refractivity (Wildman–Crippen MR) is 110 cm³/mol. The van der Waals surface area contributed by atoms with E-state index in [0.717, 1.165) is 12.0 Å². The molecule has 0 aromatic heterocycles. The molecule has 1 aliphatic carbocycles. The van der Waals surface area contributed by atoms with Gasteiger partial charge in [0.1, 0.15) is 0 Å². The molecule has 0 N–H and O–H groups in total. The third-order valence-electron chi connectivity index (χ3n) is 5.60. The molecule has 2 nitrogen and oxygen atoms in total. The van der Waals surface area contributed by atoms with E-state index in [2.05, 4.69) is 49.1 Å². The normalized spacial score (nSPS) is 16.5. The van der Waals surface area contributed by atoms with Crippen molar-refractivity contribution >= 4 is 5.78 Å². The zero-order valence-corrected chi connectivity index (χ0v) is 16.4. The van der Waals surface area contributed by atoms with Crippen LogP contribution in [0.3, 0.4) is 0 Å². The molecule has 0 saturated heterocycles. The first-order valence-corrected chi connectivity index (χ1v) is 10.1. The van der Waals surface area contributed by atoms with Crippen LogP contribution in [0.2, 0.25) is 0 Å². The largest absolute Gasteiger partial charge is 0.300 e. The highest BCUT2D eigenvalue weighted by molar-refractivity contribution is 5.94. The highest BCUT2D eigenvalue weighted by Crippen LogP contribution is 2.33. The van der Waals surface area contributed by atoms with Crippen LogP contribution in [-0.4, -0.2) is 29.8 Å². The molecule has 0 saturated carbocycles. The summed E-state index contributed by atoms with van der Waals surface area (Å²) < 4.78 is 0. The van der Waals surface area contributed by atoms with Crippen molar-refractivity contribution in [1.29, 1.82) is 0 Å². The summed E-state index contributed by atoms with van der Waals surface area (Å²) in [6.07, 6.45) is 6.01. The summed E-state index contributed by atoms with van der Waals surface area (Å²) in [5.74, 6) is 0.126. The van der Waals surface area contributed by atoms with Gasteiger partial charge in [-0.25, -0.2) is 0 Å². The molecule has 0 fully saturated rings. The van der Waals surface area contributed by atoms with Gasteiger partial charge in [-0.3, -0.25) is 4.79 Å². The molecular weight excluding hydrogens is 318 g/mol. The Morgan fingerprint density at radius 2 is 1.73 bits per heavy atom.